The molecule has 5 nitrogen and oxygen atoms in total. The lowest BCUT2D eigenvalue weighted by Gasteiger charge is -2.46. The summed E-state index contributed by atoms with van der Waals surface area (Å²) in [6.45, 7) is 6.19. The first kappa shape index (κ1) is 12.3. The summed E-state index contributed by atoms with van der Waals surface area (Å²) in [6, 6.07) is 0. The van der Waals surface area contributed by atoms with E-state index in [9.17, 15) is 8.42 Å². The number of hydrogen-bond acceptors (Lipinski definition) is 3. The van der Waals surface area contributed by atoms with Gasteiger partial charge in [-0.3, -0.25) is 0 Å². The monoisotopic (exact) mass is 247 g/mol. The second-order valence-corrected chi connectivity index (χ2v) is 7.46. The fraction of sp³-hybridized carbons (Fsp3) is 1.00. The molecule has 0 bridgehead atoms. The van der Waals surface area contributed by atoms with Crippen LogP contribution in [0, 0.1) is 5.92 Å². The molecule has 0 aliphatic carbocycles. The van der Waals surface area contributed by atoms with E-state index in [4.69, 9.17) is 5.73 Å². The smallest absolute Gasteiger partial charge is 0.282 e. The minimum absolute atomic E-state index is 0.339. The Morgan fingerprint density at radius 2 is 1.94 bits per heavy atom. The molecule has 2 heterocycles. The SMILES string of the molecule is CC1CCCN(S(=O)(=O)N2CC(C)(N)C2)C1. The van der Waals surface area contributed by atoms with Gasteiger partial charge in [0.25, 0.3) is 10.2 Å². The normalized spacial score (nSPS) is 32.3. The maximum Gasteiger partial charge on any atom is 0.282 e. The van der Waals surface area contributed by atoms with E-state index in [1.807, 2.05) is 6.92 Å². The summed E-state index contributed by atoms with van der Waals surface area (Å²) < 4.78 is 27.5. The van der Waals surface area contributed by atoms with Gasteiger partial charge in [-0.15, -0.1) is 0 Å². The van der Waals surface area contributed by atoms with Gasteiger partial charge in [-0.05, 0) is 25.7 Å². The van der Waals surface area contributed by atoms with Gasteiger partial charge in [-0.25, -0.2) is 0 Å². The molecule has 0 spiro atoms. The first-order chi connectivity index (χ1) is 7.31. The molecule has 94 valence electrons. The first-order valence-corrected chi connectivity index (χ1v) is 7.25. The average Bonchev–Trinajstić information content (AvgIpc) is 2.14. The van der Waals surface area contributed by atoms with Crippen LogP contribution in [-0.2, 0) is 10.2 Å². The van der Waals surface area contributed by atoms with Crippen molar-refractivity contribution in [2.45, 2.75) is 32.2 Å². The van der Waals surface area contributed by atoms with Crippen LogP contribution < -0.4 is 5.73 Å². The van der Waals surface area contributed by atoms with Crippen LogP contribution in [0.15, 0.2) is 0 Å². The van der Waals surface area contributed by atoms with Gasteiger partial charge < -0.3 is 5.73 Å². The maximum atomic E-state index is 12.2. The summed E-state index contributed by atoms with van der Waals surface area (Å²) in [5.74, 6) is 0.467. The molecule has 2 saturated heterocycles. The molecule has 1 atom stereocenters. The minimum atomic E-state index is -3.24. The Hall–Kier alpha value is -0.170. The lowest BCUT2D eigenvalue weighted by molar-refractivity contribution is 0.155. The van der Waals surface area contributed by atoms with Crippen LogP contribution in [0.25, 0.3) is 0 Å². The van der Waals surface area contributed by atoms with Gasteiger partial charge in [0, 0.05) is 31.7 Å². The Labute approximate surface area is 97.8 Å². The molecular weight excluding hydrogens is 226 g/mol. The molecule has 2 aliphatic rings. The van der Waals surface area contributed by atoms with Gasteiger partial charge in [0.05, 0.1) is 0 Å². The van der Waals surface area contributed by atoms with E-state index in [1.165, 1.54) is 4.31 Å². The van der Waals surface area contributed by atoms with Crippen LogP contribution in [0.2, 0.25) is 0 Å². The third-order valence-electron chi connectivity index (χ3n) is 3.35. The fourth-order valence-corrected chi connectivity index (χ4v) is 4.49. The minimum Gasteiger partial charge on any atom is -0.323 e. The van der Waals surface area contributed by atoms with Gasteiger partial charge in [0.1, 0.15) is 0 Å². The van der Waals surface area contributed by atoms with Crippen LogP contribution in [0.5, 0.6) is 0 Å². The maximum absolute atomic E-state index is 12.2. The Bertz CT molecular complexity index is 358. The van der Waals surface area contributed by atoms with Crippen LogP contribution >= 0.6 is 0 Å². The fourth-order valence-electron chi connectivity index (χ4n) is 2.44. The summed E-state index contributed by atoms with van der Waals surface area (Å²) in [6.07, 6.45) is 2.09. The largest absolute Gasteiger partial charge is 0.323 e. The van der Waals surface area contributed by atoms with Crippen LogP contribution in [0.3, 0.4) is 0 Å². The molecule has 0 radical (unpaired) electrons. The highest BCUT2D eigenvalue weighted by Crippen LogP contribution is 2.26. The third kappa shape index (κ3) is 2.25. The first-order valence-electron chi connectivity index (χ1n) is 5.85. The predicted octanol–water partition coefficient (Wildman–Crippen LogP) is -0.00390. The summed E-state index contributed by atoms with van der Waals surface area (Å²) in [7, 11) is -3.24. The van der Waals surface area contributed by atoms with Gasteiger partial charge in [-0.1, -0.05) is 6.92 Å². The number of nitrogens with zero attached hydrogens (tertiary/aromatic N) is 2. The zero-order valence-corrected chi connectivity index (χ0v) is 10.8. The van der Waals surface area contributed by atoms with E-state index in [0.29, 0.717) is 32.1 Å². The molecular formula is C10H21N3O2S. The molecule has 2 fully saturated rings. The summed E-state index contributed by atoms with van der Waals surface area (Å²) >= 11 is 0. The molecule has 16 heavy (non-hydrogen) atoms. The van der Waals surface area contributed by atoms with Crippen molar-refractivity contribution in [3.05, 3.63) is 0 Å². The highest BCUT2D eigenvalue weighted by molar-refractivity contribution is 7.86. The standard InChI is InChI=1S/C10H21N3O2S/c1-9-4-3-5-12(6-9)16(14,15)13-7-10(2,11)8-13/h9H,3-8,11H2,1-2H3. The predicted molar refractivity (Wildman–Crippen MR) is 63.1 cm³/mol. The molecule has 0 amide bonds. The zero-order valence-electron chi connectivity index (χ0n) is 10.0. The van der Waals surface area contributed by atoms with Gasteiger partial charge >= 0.3 is 0 Å². The Morgan fingerprint density at radius 1 is 1.31 bits per heavy atom. The van der Waals surface area contributed by atoms with E-state index < -0.39 is 10.2 Å². The van der Waals surface area contributed by atoms with Gasteiger partial charge in [0.15, 0.2) is 0 Å². The Kier molecular flexibility index (Phi) is 3.03. The van der Waals surface area contributed by atoms with E-state index >= 15 is 0 Å². The van der Waals surface area contributed by atoms with Crippen molar-refractivity contribution in [3.63, 3.8) is 0 Å². The van der Waals surface area contributed by atoms with Crippen LogP contribution in [-0.4, -0.2) is 48.7 Å². The zero-order chi connectivity index (χ0) is 12.0. The van der Waals surface area contributed by atoms with Crippen molar-refractivity contribution in [1.82, 2.24) is 8.61 Å². The van der Waals surface area contributed by atoms with E-state index in [0.717, 1.165) is 12.8 Å². The highest BCUT2D eigenvalue weighted by atomic mass is 32.2. The lowest BCUT2D eigenvalue weighted by Crippen LogP contribution is -2.68. The second-order valence-electron chi connectivity index (χ2n) is 5.54. The topological polar surface area (TPSA) is 66.6 Å². The molecule has 2 rings (SSSR count). The number of rotatable bonds is 2. The van der Waals surface area contributed by atoms with Crippen molar-refractivity contribution in [2.75, 3.05) is 26.2 Å². The molecule has 2 aliphatic heterocycles. The van der Waals surface area contributed by atoms with E-state index in [-0.39, 0.29) is 5.54 Å². The van der Waals surface area contributed by atoms with E-state index in [2.05, 4.69) is 6.92 Å². The van der Waals surface area contributed by atoms with Gasteiger partial charge in [-0.2, -0.15) is 17.0 Å². The van der Waals surface area contributed by atoms with Crippen molar-refractivity contribution >= 4 is 10.2 Å². The van der Waals surface area contributed by atoms with Crippen molar-refractivity contribution < 1.29 is 8.42 Å². The number of nitrogens with two attached hydrogens (primary N) is 1. The Morgan fingerprint density at radius 3 is 2.44 bits per heavy atom. The summed E-state index contributed by atoms with van der Waals surface area (Å²) in [5, 5.41) is 0. The lowest BCUT2D eigenvalue weighted by atomic mass is 9.97. The average molecular weight is 247 g/mol. The molecule has 1 unspecified atom stereocenters. The van der Waals surface area contributed by atoms with E-state index in [1.54, 1.807) is 4.31 Å². The molecule has 0 aromatic carbocycles. The quantitative estimate of drug-likeness (QED) is 0.746. The molecule has 0 aromatic heterocycles. The molecule has 6 heteroatoms. The van der Waals surface area contributed by atoms with Crippen LogP contribution in [0.1, 0.15) is 26.7 Å². The van der Waals surface area contributed by atoms with Crippen LogP contribution in [0.4, 0.5) is 0 Å². The molecule has 0 saturated carbocycles. The summed E-state index contributed by atoms with van der Waals surface area (Å²) in [5.41, 5.74) is 5.50. The highest BCUT2D eigenvalue weighted by Gasteiger charge is 2.44. The van der Waals surface area contributed by atoms with Crippen molar-refractivity contribution in [2.24, 2.45) is 11.7 Å². The second kappa shape index (κ2) is 3.94. The summed E-state index contributed by atoms with van der Waals surface area (Å²) in [4.78, 5) is 0. The Balaban J connectivity index is 2.02. The van der Waals surface area contributed by atoms with Crippen molar-refractivity contribution in [1.29, 1.82) is 0 Å². The molecule has 2 N–H and O–H groups in total. The number of hydrogen-bond donors (Lipinski definition) is 1. The van der Waals surface area contributed by atoms with Crippen molar-refractivity contribution in [3.8, 4) is 0 Å². The molecule has 0 aromatic rings. The third-order valence-corrected chi connectivity index (χ3v) is 5.24. The van der Waals surface area contributed by atoms with Gasteiger partial charge in [0.2, 0.25) is 0 Å². The number of piperidine rings is 1.